The molecule has 1 saturated carbocycles. The van der Waals surface area contributed by atoms with Crippen molar-refractivity contribution in [3.63, 3.8) is 0 Å². The number of nitrogens with zero attached hydrogens (tertiary/aromatic N) is 2. The third-order valence-electron chi connectivity index (χ3n) is 3.27. The van der Waals surface area contributed by atoms with Gasteiger partial charge in [0, 0.05) is 0 Å². The molecule has 0 radical (unpaired) electrons. The Hall–Kier alpha value is -0.550. The summed E-state index contributed by atoms with van der Waals surface area (Å²) in [5.74, 6) is 0.581. The van der Waals surface area contributed by atoms with E-state index in [1.165, 1.54) is 12.8 Å². The molecule has 0 aromatic heterocycles. The Morgan fingerprint density at radius 1 is 1.58 bits per heavy atom. The standard InChI is InChI=1S/C10H18N2/c1-4-9-6-5-7-10(9,8-11)12(2)3/h9H,4-7H2,1-3H3. The molecule has 2 unspecified atom stereocenters. The molecule has 0 bridgehead atoms. The first-order valence-electron chi connectivity index (χ1n) is 4.76. The van der Waals surface area contributed by atoms with Crippen molar-refractivity contribution in [1.29, 1.82) is 5.26 Å². The average Bonchev–Trinajstić information content (AvgIpc) is 2.47. The molecule has 2 heteroatoms. The summed E-state index contributed by atoms with van der Waals surface area (Å²) in [4.78, 5) is 2.11. The van der Waals surface area contributed by atoms with E-state index >= 15 is 0 Å². The van der Waals surface area contributed by atoms with Gasteiger partial charge in [-0.3, -0.25) is 4.90 Å². The van der Waals surface area contributed by atoms with Crippen molar-refractivity contribution in [2.75, 3.05) is 14.1 Å². The first kappa shape index (κ1) is 9.54. The quantitative estimate of drug-likeness (QED) is 0.627. The molecular weight excluding hydrogens is 148 g/mol. The largest absolute Gasteiger partial charge is 0.291 e. The number of rotatable bonds is 2. The Bertz CT molecular complexity index is 193. The highest BCUT2D eigenvalue weighted by Gasteiger charge is 2.43. The molecule has 12 heavy (non-hydrogen) atoms. The summed E-state index contributed by atoms with van der Waals surface area (Å²) < 4.78 is 0. The van der Waals surface area contributed by atoms with Crippen LogP contribution in [0.1, 0.15) is 32.6 Å². The van der Waals surface area contributed by atoms with Crippen LogP contribution in [0.5, 0.6) is 0 Å². The summed E-state index contributed by atoms with van der Waals surface area (Å²) in [5.41, 5.74) is -0.158. The van der Waals surface area contributed by atoms with Gasteiger partial charge in [0.25, 0.3) is 0 Å². The Balaban J connectivity index is 2.85. The van der Waals surface area contributed by atoms with Crippen LogP contribution in [0, 0.1) is 17.2 Å². The predicted octanol–water partition coefficient (Wildman–Crippen LogP) is 2.02. The Labute approximate surface area is 75.2 Å². The van der Waals surface area contributed by atoms with Crippen LogP contribution in [-0.4, -0.2) is 24.5 Å². The van der Waals surface area contributed by atoms with Gasteiger partial charge in [-0.2, -0.15) is 5.26 Å². The Morgan fingerprint density at radius 3 is 2.58 bits per heavy atom. The molecule has 0 saturated heterocycles. The van der Waals surface area contributed by atoms with Crippen molar-refractivity contribution in [3.8, 4) is 6.07 Å². The maximum absolute atomic E-state index is 9.20. The van der Waals surface area contributed by atoms with Crippen LogP contribution in [0.15, 0.2) is 0 Å². The second kappa shape index (κ2) is 3.45. The van der Waals surface area contributed by atoms with Crippen molar-refractivity contribution < 1.29 is 0 Å². The van der Waals surface area contributed by atoms with E-state index in [1.54, 1.807) is 0 Å². The van der Waals surface area contributed by atoms with Gasteiger partial charge in [-0.15, -0.1) is 0 Å². The van der Waals surface area contributed by atoms with Crippen molar-refractivity contribution in [2.45, 2.75) is 38.1 Å². The van der Waals surface area contributed by atoms with Crippen molar-refractivity contribution in [1.82, 2.24) is 4.90 Å². The zero-order valence-corrected chi connectivity index (χ0v) is 8.30. The van der Waals surface area contributed by atoms with E-state index in [9.17, 15) is 5.26 Å². The molecule has 0 aliphatic heterocycles. The highest BCUT2D eigenvalue weighted by atomic mass is 15.2. The normalized spacial score (nSPS) is 35.4. The minimum Gasteiger partial charge on any atom is -0.291 e. The van der Waals surface area contributed by atoms with E-state index in [0.717, 1.165) is 12.8 Å². The summed E-state index contributed by atoms with van der Waals surface area (Å²) in [6.07, 6.45) is 4.62. The molecule has 1 rings (SSSR count). The zero-order valence-electron chi connectivity index (χ0n) is 8.30. The highest BCUT2D eigenvalue weighted by Crippen LogP contribution is 2.40. The van der Waals surface area contributed by atoms with Gasteiger partial charge in [0.15, 0.2) is 0 Å². The molecule has 0 heterocycles. The zero-order chi connectivity index (χ0) is 9.19. The number of hydrogen-bond donors (Lipinski definition) is 0. The molecule has 68 valence electrons. The average molecular weight is 166 g/mol. The molecule has 1 aliphatic carbocycles. The van der Waals surface area contributed by atoms with Gasteiger partial charge < -0.3 is 0 Å². The third-order valence-corrected chi connectivity index (χ3v) is 3.27. The summed E-state index contributed by atoms with van der Waals surface area (Å²) in [6.45, 7) is 2.19. The lowest BCUT2D eigenvalue weighted by atomic mass is 9.85. The molecular formula is C10H18N2. The summed E-state index contributed by atoms with van der Waals surface area (Å²) in [6, 6.07) is 2.50. The molecule has 0 amide bonds. The lowest BCUT2D eigenvalue weighted by Gasteiger charge is -2.34. The maximum atomic E-state index is 9.20. The second-order valence-electron chi connectivity index (χ2n) is 3.93. The van der Waals surface area contributed by atoms with Crippen LogP contribution in [0.2, 0.25) is 0 Å². The van der Waals surface area contributed by atoms with Crippen LogP contribution in [0.3, 0.4) is 0 Å². The fraction of sp³-hybridized carbons (Fsp3) is 0.900. The van der Waals surface area contributed by atoms with Crippen molar-refractivity contribution in [3.05, 3.63) is 0 Å². The van der Waals surface area contributed by atoms with Gasteiger partial charge in [0.1, 0.15) is 5.54 Å². The molecule has 0 N–H and O–H groups in total. The number of hydrogen-bond acceptors (Lipinski definition) is 2. The van der Waals surface area contributed by atoms with E-state index in [-0.39, 0.29) is 5.54 Å². The van der Waals surface area contributed by atoms with Crippen LogP contribution >= 0.6 is 0 Å². The topological polar surface area (TPSA) is 27.0 Å². The molecule has 0 aromatic rings. The fourth-order valence-corrected chi connectivity index (χ4v) is 2.44. The SMILES string of the molecule is CCC1CCCC1(C#N)N(C)C. The molecule has 1 aliphatic rings. The van der Waals surface area contributed by atoms with Crippen LogP contribution in [0.4, 0.5) is 0 Å². The smallest absolute Gasteiger partial charge is 0.111 e. The van der Waals surface area contributed by atoms with E-state index in [2.05, 4.69) is 17.9 Å². The molecule has 1 fully saturated rings. The summed E-state index contributed by atoms with van der Waals surface area (Å²) >= 11 is 0. The highest BCUT2D eigenvalue weighted by molar-refractivity contribution is 5.13. The third kappa shape index (κ3) is 1.23. The minimum atomic E-state index is -0.158. The molecule has 0 spiro atoms. The van der Waals surface area contributed by atoms with E-state index in [4.69, 9.17) is 0 Å². The fourth-order valence-electron chi connectivity index (χ4n) is 2.44. The van der Waals surface area contributed by atoms with E-state index in [0.29, 0.717) is 5.92 Å². The predicted molar refractivity (Wildman–Crippen MR) is 49.7 cm³/mol. The van der Waals surface area contributed by atoms with Crippen LogP contribution in [0.25, 0.3) is 0 Å². The van der Waals surface area contributed by atoms with Gasteiger partial charge in [-0.05, 0) is 32.9 Å². The molecule has 0 aromatic carbocycles. The first-order chi connectivity index (χ1) is 5.67. The maximum Gasteiger partial charge on any atom is 0.111 e. The van der Waals surface area contributed by atoms with Gasteiger partial charge >= 0.3 is 0 Å². The van der Waals surface area contributed by atoms with Crippen molar-refractivity contribution >= 4 is 0 Å². The Morgan fingerprint density at radius 2 is 2.25 bits per heavy atom. The van der Waals surface area contributed by atoms with E-state index < -0.39 is 0 Å². The van der Waals surface area contributed by atoms with Gasteiger partial charge in [0.2, 0.25) is 0 Å². The van der Waals surface area contributed by atoms with Crippen molar-refractivity contribution in [2.24, 2.45) is 5.92 Å². The lowest BCUT2D eigenvalue weighted by molar-refractivity contribution is 0.160. The summed E-state index contributed by atoms with van der Waals surface area (Å²) in [5, 5.41) is 9.20. The monoisotopic (exact) mass is 166 g/mol. The second-order valence-corrected chi connectivity index (χ2v) is 3.93. The van der Waals surface area contributed by atoms with Gasteiger partial charge in [-0.25, -0.2) is 0 Å². The summed E-state index contributed by atoms with van der Waals surface area (Å²) in [7, 11) is 4.05. The molecule has 2 atom stereocenters. The van der Waals surface area contributed by atoms with Crippen LogP contribution < -0.4 is 0 Å². The number of nitriles is 1. The minimum absolute atomic E-state index is 0.158. The van der Waals surface area contributed by atoms with E-state index in [1.807, 2.05) is 14.1 Å². The lowest BCUT2D eigenvalue weighted by Crippen LogP contribution is -2.45. The first-order valence-corrected chi connectivity index (χ1v) is 4.76. The van der Waals surface area contributed by atoms with Crippen LogP contribution in [-0.2, 0) is 0 Å². The molecule has 2 nitrogen and oxygen atoms in total. The van der Waals surface area contributed by atoms with Gasteiger partial charge in [-0.1, -0.05) is 19.8 Å². The van der Waals surface area contributed by atoms with Gasteiger partial charge in [0.05, 0.1) is 6.07 Å². The Kier molecular flexibility index (Phi) is 2.74.